The van der Waals surface area contributed by atoms with E-state index in [1.54, 1.807) is 6.92 Å². The highest BCUT2D eigenvalue weighted by Crippen LogP contribution is 2.36. The van der Waals surface area contributed by atoms with Gasteiger partial charge in [0.1, 0.15) is 19.8 Å². The zero-order valence-electron chi connectivity index (χ0n) is 15.4. The molecule has 0 unspecified atom stereocenters. The quantitative estimate of drug-likeness (QED) is 0.377. The van der Waals surface area contributed by atoms with Gasteiger partial charge in [-0.1, -0.05) is 12.1 Å². The van der Waals surface area contributed by atoms with Crippen molar-refractivity contribution in [2.24, 2.45) is 0 Å². The van der Waals surface area contributed by atoms with Gasteiger partial charge >= 0.3 is 5.97 Å². The van der Waals surface area contributed by atoms with E-state index in [0.29, 0.717) is 18.1 Å². The van der Waals surface area contributed by atoms with E-state index in [2.05, 4.69) is 0 Å². The Bertz CT molecular complexity index is 1040. The largest absolute Gasteiger partial charge is 0.486 e. The molecule has 0 saturated heterocycles. The van der Waals surface area contributed by atoms with Gasteiger partial charge in [-0.25, -0.2) is 8.42 Å². The van der Waals surface area contributed by atoms with Gasteiger partial charge in [0.05, 0.1) is 17.2 Å². The predicted octanol–water partition coefficient (Wildman–Crippen LogP) is 2.12. The van der Waals surface area contributed by atoms with Crippen LogP contribution in [0.5, 0.6) is 11.5 Å². The summed E-state index contributed by atoms with van der Waals surface area (Å²) in [7, 11) is -4.48. The third-order valence-electron chi connectivity index (χ3n) is 4.02. The molecular formula is C18H18N2O8S. The maximum atomic E-state index is 13.3. The number of hydrogen-bond acceptors (Lipinski definition) is 8. The molecule has 0 spiro atoms. The van der Waals surface area contributed by atoms with Gasteiger partial charge in [-0.15, -0.1) is 0 Å². The molecule has 3 rings (SSSR count). The lowest BCUT2D eigenvalue weighted by atomic mass is 10.2. The Hall–Kier alpha value is -3.34. The van der Waals surface area contributed by atoms with E-state index in [1.807, 2.05) is 0 Å². The third kappa shape index (κ3) is 4.24. The number of anilines is 1. The number of carbonyl (C=O) groups is 1. The maximum absolute atomic E-state index is 13.3. The van der Waals surface area contributed by atoms with Crippen LogP contribution in [0.2, 0.25) is 0 Å². The van der Waals surface area contributed by atoms with Crippen LogP contribution in [0.25, 0.3) is 0 Å². The fraction of sp³-hybridized carbons (Fsp3) is 0.278. The van der Waals surface area contributed by atoms with Crippen LogP contribution >= 0.6 is 0 Å². The van der Waals surface area contributed by atoms with E-state index in [0.717, 1.165) is 16.4 Å². The van der Waals surface area contributed by atoms with E-state index in [4.69, 9.17) is 14.2 Å². The van der Waals surface area contributed by atoms with E-state index in [1.165, 1.54) is 30.3 Å². The van der Waals surface area contributed by atoms with Crippen molar-refractivity contribution in [1.82, 2.24) is 0 Å². The van der Waals surface area contributed by atoms with Crippen LogP contribution in [0.15, 0.2) is 47.4 Å². The number of esters is 1. The van der Waals surface area contributed by atoms with Gasteiger partial charge in [0.25, 0.3) is 15.7 Å². The maximum Gasteiger partial charge on any atom is 0.326 e. The standard InChI is InChI=1S/C18H18N2O8S/c1-2-26-18(21)12-19(13-7-8-15-16(11-13)28-10-9-27-15)29(24,25)17-6-4-3-5-14(17)20(22)23/h3-8,11H,2,9-10,12H2,1H3. The zero-order valence-corrected chi connectivity index (χ0v) is 16.3. The minimum Gasteiger partial charge on any atom is -0.486 e. The number of carbonyl (C=O) groups excluding carboxylic acids is 1. The highest BCUT2D eigenvalue weighted by Gasteiger charge is 2.34. The molecule has 1 heterocycles. The van der Waals surface area contributed by atoms with Crippen LogP contribution in [-0.4, -0.2) is 45.7 Å². The van der Waals surface area contributed by atoms with E-state index in [9.17, 15) is 23.3 Å². The third-order valence-corrected chi connectivity index (χ3v) is 5.84. The van der Waals surface area contributed by atoms with Crippen LogP contribution in [0, 0.1) is 10.1 Å². The van der Waals surface area contributed by atoms with E-state index in [-0.39, 0.29) is 18.9 Å². The molecule has 2 aromatic rings. The summed E-state index contributed by atoms with van der Waals surface area (Å²) in [6, 6.07) is 9.27. The number of fused-ring (bicyclic) bond motifs is 1. The fourth-order valence-electron chi connectivity index (χ4n) is 2.77. The van der Waals surface area contributed by atoms with Crippen molar-refractivity contribution in [1.29, 1.82) is 0 Å². The van der Waals surface area contributed by atoms with Crippen molar-refractivity contribution in [2.75, 3.05) is 30.7 Å². The van der Waals surface area contributed by atoms with Crippen LogP contribution in [0.4, 0.5) is 11.4 Å². The molecule has 0 amide bonds. The highest BCUT2D eigenvalue weighted by atomic mass is 32.2. The average molecular weight is 422 g/mol. The summed E-state index contributed by atoms with van der Waals surface area (Å²) in [5.41, 5.74) is -0.514. The fourth-order valence-corrected chi connectivity index (χ4v) is 4.33. The first-order chi connectivity index (χ1) is 13.8. The molecule has 11 heteroatoms. The summed E-state index contributed by atoms with van der Waals surface area (Å²) in [5.74, 6) is -0.0657. The molecule has 1 aliphatic heterocycles. The second-order valence-corrected chi connectivity index (χ2v) is 7.70. The van der Waals surface area contributed by atoms with Crippen molar-refractivity contribution in [3.05, 3.63) is 52.6 Å². The van der Waals surface area contributed by atoms with E-state index < -0.39 is 38.0 Å². The SMILES string of the molecule is CCOC(=O)CN(c1ccc2c(c1)OCCO2)S(=O)(=O)c1ccccc1[N+](=O)[O-]. The lowest BCUT2D eigenvalue weighted by Crippen LogP contribution is -2.37. The molecule has 1 aliphatic rings. The van der Waals surface area contributed by atoms with Crippen molar-refractivity contribution >= 4 is 27.4 Å². The Morgan fingerprint density at radius 2 is 1.86 bits per heavy atom. The molecular weight excluding hydrogens is 404 g/mol. The van der Waals surface area contributed by atoms with Crippen LogP contribution in [0.1, 0.15) is 6.92 Å². The van der Waals surface area contributed by atoms with Crippen molar-refractivity contribution in [3.8, 4) is 11.5 Å². The minimum atomic E-state index is -4.48. The summed E-state index contributed by atoms with van der Waals surface area (Å²) in [6.45, 7) is 1.61. The van der Waals surface area contributed by atoms with Crippen molar-refractivity contribution < 1.29 is 32.3 Å². The molecule has 10 nitrogen and oxygen atoms in total. The first-order valence-corrected chi connectivity index (χ1v) is 10.1. The summed E-state index contributed by atoms with van der Waals surface area (Å²) in [4.78, 5) is 22.1. The Kier molecular flexibility index (Phi) is 5.87. The number of rotatable bonds is 7. The monoisotopic (exact) mass is 422 g/mol. The number of sulfonamides is 1. The average Bonchev–Trinajstić information content (AvgIpc) is 2.71. The molecule has 154 valence electrons. The number of nitro groups is 1. The normalized spacial score (nSPS) is 12.9. The van der Waals surface area contributed by atoms with Gasteiger partial charge in [-0.2, -0.15) is 0 Å². The summed E-state index contributed by atoms with van der Waals surface area (Å²) < 4.78 is 43.2. The van der Waals surface area contributed by atoms with Gasteiger partial charge in [-0.05, 0) is 25.1 Å². The molecule has 0 atom stereocenters. The molecule has 0 aromatic heterocycles. The number of nitrogens with zero attached hydrogens (tertiary/aromatic N) is 2. The number of nitro benzene ring substituents is 1. The first-order valence-electron chi connectivity index (χ1n) is 8.66. The molecule has 0 bridgehead atoms. The number of benzene rings is 2. The zero-order chi connectivity index (χ0) is 21.0. The van der Waals surface area contributed by atoms with Crippen LogP contribution < -0.4 is 13.8 Å². The van der Waals surface area contributed by atoms with Crippen molar-refractivity contribution in [3.63, 3.8) is 0 Å². The first kappa shape index (κ1) is 20.4. The molecule has 2 aromatic carbocycles. The molecule has 0 aliphatic carbocycles. The number of hydrogen-bond donors (Lipinski definition) is 0. The summed E-state index contributed by atoms with van der Waals surface area (Å²) in [5, 5.41) is 11.3. The highest BCUT2D eigenvalue weighted by molar-refractivity contribution is 7.93. The Labute approximate surface area is 166 Å². The topological polar surface area (TPSA) is 125 Å². The summed E-state index contributed by atoms with van der Waals surface area (Å²) in [6.07, 6.45) is 0. The summed E-state index contributed by atoms with van der Waals surface area (Å²) >= 11 is 0. The second kappa shape index (κ2) is 8.35. The number of para-hydroxylation sites is 1. The van der Waals surface area contributed by atoms with Gasteiger partial charge < -0.3 is 14.2 Å². The molecule has 29 heavy (non-hydrogen) atoms. The van der Waals surface area contributed by atoms with E-state index >= 15 is 0 Å². The second-order valence-electron chi connectivity index (χ2n) is 5.87. The van der Waals surface area contributed by atoms with Crippen LogP contribution in [0.3, 0.4) is 0 Å². The molecule has 0 fully saturated rings. The van der Waals surface area contributed by atoms with Gasteiger partial charge in [0, 0.05) is 12.1 Å². The van der Waals surface area contributed by atoms with Crippen molar-refractivity contribution in [2.45, 2.75) is 11.8 Å². The van der Waals surface area contributed by atoms with Crippen LogP contribution in [-0.2, 0) is 19.6 Å². The lowest BCUT2D eigenvalue weighted by molar-refractivity contribution is -0.387. The Morgan fingerprint density at radius 3 is 2.55 bits per heavy atom. The van der Waals surface area contributed by atoms with Gasteiger partial charge in [-0.3, -0.25) is 19.2 Å². The predicted molar refractivity (Wildman–Crippen MR) is 102 cm³/mol. The lowest BCUT2D eigenvalue weighted by Gasteiger charge is -2.25. The molecule has 0 radical (unpaired) electrons. The van der Waals surface area contributed by atoms with Gasteiger partial charge in [0.2, 0.25) is 0 Å². The molecule has 0 N–H and O–H groups in total. The number of ether oxygens (including phenoxy) is 3. The molecule has 0 saturated carbocycles. The van der Waals surface area contributed by atoms with Gasteiger partial charge in [0.15, 0.2) is 16.4 Å². The Morgan fingerprint density at radius 1 is 1.17 bits per heavy atom. The minimum absolute atomic E-state index is 0.0549. The Balaban J connectivity index is 2.11. The smallest absolute Gasteiger partial charge is 0.326 e.